The van der Waals surface area contributed by atoms with Gasteiger partial charge in [-0.15, -0.1) is 0 Å². The van der Waals surface area contributed by atoms with E-state index in [0.29, 0.717) is 28.6 Å². The summed E-state index contributed by atoms with van der Waals surface area (Å²) in [5, 5.41) is 3.07. The molecule has 178 valence electrons. The van der Waals surface area contributed by atoms with Crippen molar-refractivity contribution in [2.45, 2.75) is 13.5 Å². The van der Waals surface area contributed by atoms with E-state index in [1.165, 1.54) is 18.2 Å². The van der Waals surface area contributed by atoms with Gasteiger partial charge in [0.1, 0.15) is 5.75 Å². The van der Waals surface area contributed by atoms with Gasteiger partial charge >= 0.3 is 5.97 Å². The molecule has 0 radical (unpaired) electrons. The Morgan fingerprint density at radius 1 is 0.943 bits per heavy atom. The van der Waals surface area contributed by atoms with Crippen LogP contribution in [0, 0.1) is 0 Å². The number of esters is 1. The first-order valence-electron chi connectivity index (χ1n) is 10.8. The zero-order valence-corrected chi connectivity index (χ0v) is 19.5. The molecule has 0 aliphatic carbocycles. The number of amides is 3. The molecule has 3 aromatic rings. The van der Waals surface area contributed by atoms with Crippen molar-refractivity contribution in [3.8, 4) is 5.75 Å². The SMILES string of the molecule is CCOc1ccccc1NC(=O)COC(=O)c1ccc2c(c1)C(=O)N(Cc1ccccc1Cl)C2=O. The number of para-hydroxylation sites is 2. The molecular formula is C26H21ClN2O6. The lowest BCUT2D eigenvalue weighted by molar-refractivity contribution is -0.119. The van der Waals surface area contributed by atoms with Crippen molar-refractivity contribution in [1.29, 1.82) is 0 Å². The van der Waals surface area contributed by atoms with Crippen LogP contribution < -0.4 is 10.1 Å². The number of nitrogens with one attached hydrogen (secondary N) is 1. The normalized spacial score (nSPS) is 12.3. The van der Waals surface area contributed by atoms with Crippen LogP contribution in [0.15, 0.2) is 66.7 Å². The molecule has 0 saturated heterocycles. The van der Waals surface area contributed by atoms with Crippen LogP contribution in [0.1, 0.15) is 43.6 Å². The summed E-state index contributed by atoms with van der Waals surface area (Å²) in [4.78, 5) is 51.5. The molecule has 35 heavy (non-hydrogen) atoms. The summed E-state index contributed by atoms with van der Waals surface area (Å²) in [5.41, 5.74) is 1.40. The van der Waals surface area contributed by atoms with Gasteiger partial charge in [-0.05, 0) is 48.9 Å². The fraction of sp³-hybridized carbons (Fsp3) is 0.154. The average molecular weight is 493 g/mol. The van der Waals surface area contributed by atoms with E-state index < -0.39 is 30.3 Å². The molecule has 3 amide bonds. The molecule has 1 heterocycles. The number of benzene rings is 3. The molecule has 1 aliphatic rings. The van der Waals surface area contributed by atoms with E-state index in [0.717, 1.165) is 4.90 Å². The van der Waals surface area contributed by atoms with Crippen molar-refractivity contribution < 1.29 is 28.7 Å². The van der Waals surface area contributed by atoms with E-state index >= 15 is 0 Å². The number of carbonyl (C=O) groups is 4. The third-order valence-corrected chi connectivity index (χ3v) is 5.66. The molecule has 0 aromatic heterocycles. The van der Waals surface area contributed by atoms with Crippen molar-refractivity contribution in [2.24, 2.45) is 0 Å². The van der Waals surface area contributed by atoms with Crippen LogP contribution in [0.4, 0.5) is 5.69 Å². The Balaban J connectivity index is 1.41. The van der Waals surface area contributed by atoms with Gasteiger partial charge in [0.25, 0.3) is 17.7 Å². The number of anilines is 1. The van der Waals surface area contributed by atoms with Crippen molar-refractivity contribution in [2.75, 3.05) is 18.5 Å². The third-order valence-electron chi connectivity index (χ3n) is 5.29. The summed E-state index contributed by atoms with van der Waals surface area (Å²) in [5.74, 6) is -1.87. The number of halogens is 1. The summed E-state index contributed by atoms with van der Waals surface area (Å²) in [6.07, 6.45) is 0. The number of hydrogen-bond acceptors (Lipinski definition) is 6. The number of carbonyl (C=O) groups excluding carboxylic acids is 4. The van der Waals surface area contributed by atoms with Gasteiger partial charge in [-0.2, -0.15) is 0 Å². The Morgan fingerprint density at radius 2 is 1.66 bits per heavy atom. The molecule has 1 N–H and O–H groups in total. The maximum absolute atomic E-state index is 12.9. The third kappa shape index (κ3) is 5.17. The summed E-state index contributed by atoms with van der Waals surface area (Å²) in [7, 11) is 0. The molecule has 3 aromatic carbocycles. The van der Waals surface area contributed by atoms with Crippen molar-refractivity contribution in [1.82, 2.24) is 4.90 Å². The first-order valence-corrected chi connectivity index (χ1v) is 11.2. The highest BCUT2D eigenvalue weighted by molar-refractivity contribution is 6.31. The summed E-state index contributed by atoms with van der Waals surface area (Å²) >= 11 is 6.16. The average Bonchev–Trinajstić information content (AvgIpc) is 3.09. The highest BCUT2D eigenvalue weighted by Crippen LogP contribution is 2.28. The van der Waals surface area contributed by atoms with Gasteiger partial charge in [-0.3, -0.25) is 19.3 Å². The minimum atomic E-state index is -0.800. The van der Waals surface area contributed by atoms with E-state index in [1.54, 1.807) is 48.5 Å². The Kier molecular flexibility index (Phi) is 7.12. The number of hydrogen-bond donors (Lipinski definition) is 1. The van der Waals surface area contributed by atoms with Gasteiger partial charge in [-0.1, -0.05) is 41.9 Å². The van der Waals surface area contributed by atoms with Gasteiger partial charge < -0.3 is 14.8 Å². The fourth-order valence-corrected chi connectivity index (χ4v) is 3.81. The van der Waals surface area contributed by atoms with Crippen LogP contribution in [0.25, 0.3) is 0 Å². The Morgan fingerprint density at radius 3 is 2.43 bits per heavy atom. The van der Waals surface area contributed by atoms with Gasteiger partial charge in [0.2, 0.25) is 0 Å². The molecule has 1 aliphatic heterocycles. The number of imide groups is 1. The van der Waals surface area contributed by atoms with Crippen molar-refractivity contribution >= 4 is 41.0 Å². The number of ether oxygens (including phenoxy) is 2. The van der Waals surface area contributed by atoms with Crippen LogP contribution in [-0.2, 0) is 16.1 Å². The zero-order valence-electron chi connectivity index (χ0n) is 18.7. The second-order valence-corrected chi connectivity index (χ2v) is 8.01. The van der Waals surface area contributed by atoms with Crippen molar-refractivity contribution in [3.63, 3.8) is 0 Å². The number of nitrogens with zero attached hydrogens (tertiary/aromatic N) is 1. The topological polar surface area (TPSA) is 102 Å². The number of fused-ring (bicyclic) bond motifs is 1. The van der Waals surface area contributed by atoms with E-state index in [2.05, 4.69) is 5.32 Å². The summed E-state index contributed by atoms with van der Waals surface area (Å²) < 4.78 is 10.6. The molecule has 0 bridgehead atoms. The molecule has 0 spiro atoms. The minimum Gasteiger partial charge on any atom is -0.492 e. The molecule has 0 saturated carbocycles. The van der Waals surface area contributed by atoms with Crippen molar-refractivity contribution in [3.05, 3.63) is 94.0 Å². The standard InChI is InChI=1S/C26H21ClN2O6/c1-2-34-22-10-6-5-9-21(22)28-23(30)15-35-26(33)16-11-12-18-19(13-16)25(32)29(24(18)31)14-17-7-3-4-8-20(17)27/h3-13H,2,14-15H2,1H3,(H,28,30). The Hall–Kier alpha value is -4.17. The largest absolute Gasteiger partial charge is 0.492 e. The van der Waals surface area contributed by atoms with Gasteiger partial charge in [-0.25, -0.2) is 4.79 Å². The quantitative estimate of drug-likeness (QED) is 0.371. The van der Waals surface area contributed by atoms with Crippen LogP contribution in [0.3, 0.4) is 0 Å². The molecule has 9 heteroatoms. The fourth-order valence-electron chi connectivity index (χ4n) is 3.61. The molecule has 0 atom stereocenters. The maximum Gasteiger partial charge on any atom is 0.338 e. The first-order chi connectivity index (χ1) is 16.9. The molecule has 0 fully saturated rings. The van der Waals surface area contributed by atoms with Crippen LogP contribution in [0.2, 0.25) is 5.02 Å². The maximum atomic E-state index is 12.9. The van der Waals surface area contributed by atoms with E-state index in [4.69, 9.17) is 21.1 Å². The lowest BCUT2D eigenvalue weighted by Gasteiger charge is -2.14. The smallest absolute Gasteiger partial charge is 0.338 e. The van der Waals surface area contributed by atoms with E-state index in [9.17, 15) is 19.2 Å². The first kappa shape index (κ1) is 24.0. The second-order valence-electron chi connectivity index (χ2n) is 7.60. The highest BCUT2D eigenvalue weighted by atomic mass is 35.5. The minimum absolute atomic E-state index is 0.00912. The predicted molar refractivity (Wildman–Crippen MR) is 129 cm³/mol. The summed E-state index contributed by atoms with van der Waals surface area (Å²) in [6.45, 7) is 1.72. The van der Waals surface area contributed by atoms with Crippen LogP contribution in [0.5, 0.6) is 5.75 Å². The van der Waals surface area contributed by atoms with E-state index in [-0.39, 0.29) is 23.2 Å². The second kappa shape index (κ2) is 10.4. The van der Waals surface area contributed by atoms with E-state index in [1.807, 2.05) is 6.92 Å². The van der Waals surface area contributed by atoms with Crippen LogP contribution >= 0.6 is 11.6 Å². The number of rotatable bonds is 8. The monoisotopic (exact) mass is 492 g/mol. The lowest BCUT2D eigenvalue weighted by Crippen LogP contribution is -2.29. The van der Waals surface area contributed by atoms with Gasteiger partial charge in [0.05, 0.1) is 35.5 Å². The summed E-state index contributed by atoms with van der Waals surface area (Å²) in [6, 6.07) is 17.9. The molecule has 4 rings (SSSR count). The van der Waals surface area contributed by atoms with Gasteiger partial charge in [0.15, 0.2) is 6.61 Å². The lowest BCUT2D eigenvalue weighted by atomic mass is 10.1. The Bertz CT molecular complexity index is 1320. The zero-order chi connectivity index (χ0) is 24.9. The highest BCUT2D eigenvalue weighted by Gasteiger charge is 2.36. The predicted octanol–water partition coefficient (Wildman–Crippen LogP) is 4.33. The molecular weight excluding hydrogens is 472 g/mol. The molecule has 8 nitrogen and oxygen atoms in total. The molecule has 0 unspecified atom stereocenters. The van der Waals surface area contributed by atoms with Crippen LogP contribution in [-0.4, -0.2) is 41.8 Å². The van der Waals surface area contributed by atoms with Gasteiger partial charge in [0, 0.05) is 5.02 Å². The Labute approximate surface area is 206 Å².